The molecule has 3 aliphatic rings. The Morgan fingerprint density at radius 3 is 2.48 bits per heavy atom. The molecule has 1 saturated heterocycles. The number of anilines is 1. The second kappa shape index (κ2) is 6.81. The van der Waals surface area contributed by atoms with E-state index in [9.17, 15) is 18.0 Å². The highest BCUT2D eigenvalue weighted by Gasteiger charge is 2.54. The van der Waals surface area contributed by atoms with Crippen LogP contribution in [0.5, 0.6) is 0 Å². The minimum absolute atomic E-state index is 0.110. The predicted octanol–water partition coefficient (Wildman–Crippen LogP) is 5.39. The number of likely N-dealkylation sites (tertiary alicyclic amines) is 1. The van der Waals surface area contributed by atoms with E-state index >= 15 is 0 Å². The van der Waals surface area contributed by atoms with E-state index in [2.05, 4.69) is 4.90 Å². The molecule has 7 heteroatoms. The van der Waals surface area contributed by atoms with Gasteiger partial charge in [-0.05, 0) is 83.1 Å². The summed E-state index contributed by atoms with van der Waals surface area (Å²) in [5, 5.41) is 0. The first kappa shape index (κ1) is 20.4. The number of amides is 1. The van der Waals surface area contributed by atoms with Gasteiger partial charge in [0, 0.05) is 30.4 Å². The quantitative estimate of drug-likeness (QED) is 0.622. The van der Waals surface area contributed by atoms with Crippen molar-refractivity contribution in [1.82, 2.24) is 4.90 Å². The number of rotatable bonds is 1. The van der Waals surface area contributed by atoms with Gasteiger partial charge in [-0.25, -0.2) is 4.79 Å². The molecule has 2 heterocycles. The molecule has 0 bridgehead atoms. The Morgan fingerprint density at radius 1 is 1.17 bits per heavy atom. The number of benzene rings is 1. The monoisotopic (exact) mass is 410 g/mol. The second-order valence-corrected chi connectivity index (χ2v) is 9.66. The van der Waals surface area contributed by atoms with E-state index in [1.165, 1.54) is 12.1 Å². The molecule has 160 valence electrons. The van der Waals surface area contributed by atoms with Gasteiger partial charge in [-0.3, -0.25) is 0 Å². The molecule has 0 N–H and O–H groups in total. The predicted molar refractivity (Wildman–Crippen MR) is 105 cm³/mol. The zero-order chi connectivity index (χ0) is 21.0. The van der Waals surface area contributed by atoms with Crippen LogP contribution in [0.2, 0.25) is 0 Å². The van der Waals surface area contributed by atoms with Gasteiger partial charge in [-0.15, -0.1) is 0 Å². The minimum atomic E-state index is -4.33. The Morgan fingerprint density at radius 2 is 1.90 bits per heavy atom. The standard InChI is InChI=1S/C22H29F3N2O2/c1-20(2,3)29-19(28)27-14-17(13-21(27)9-5-10-21)26-11-4-6-15-12-16(22(23,24)25)7-8-18(15)26/h7-8,12,17H,4-6,9-11,13-14H2,1-3H3. The average Bonchev–Trinajstić information content (AvgIpc) is 3.00. The largest absolute Gasteiger partial charge is 0.444 e. The maximum absolute atomic E-state index is 13.1. The summed E-state index contributed by atoms with van der Waals surface area (Å²) in [4.78, 5) is 17.0. The summed E-state index contributed by atoms with van der Waals surface area (Å²) in [6.45, 7) is 6.97. The molecule has 0 aromatic heterocycles. The van der Waals surface area contributed by atoms with Gasteiger partial charge < -0.3 is 14.5 Å². The number of ether oxygens (including phenoxy) is 1. The molecule has 4 nitrogen and oxygen atoms in total. The van der Waals surface area contributed by atoms with E-state index in [4.69, 9.17) is 4.74 Å². The third kappa shape index (κ3) is 3.80. The minimum Gasteiger partial charge on any atom is -0.444 e. The summed E-state index contributed by atoms with van der Waals surface area (Å²) in [6, 6.07) is 4.19. The van der Waals surface area contributed by atoms with Crippen molar-refractivity contribution in [3.05, 3.63) is 29.3 Å². The summed E-state index contributed by atoms with van der Waals surface area (Å²) in [7, 11) is 0. The van der Waals surface area contributed by atoms with Crippen LogP contribution in [-0.2, 0) is 17.3 Å². The summed E-state index contributed by atoms with van der Waals surface area (Å²) in [5.74, 6) is 0. The topological polar surface area (TPSA) is 32.8 Å². The third-order valence-electron chi connectivity index (χ3n) is 6.48. The molecule has 4 rings (SSSR count). The summed E-state index contributed by atoms with van der Waals surface area (Å²) < 4.78 is 45.0. The number of aryl methyl sites for hydroxylation is 1. The summed E-state index contributed by atoms with van der Waals surface area (Å²) in [5.41, 5.74) is 0.345. The first-order chi connectivity index (χ1) is 13.5. The van der Waals surface area contributed by atoms with Crippen LogP contribution in [0.15, 0.2) is 18.2 Å². The summed E-state index contributed by atoms with van der Waals surface area (Å²) in [6.07, 6.45) is 0.767. The van der Waals surface area contributed by atoms with Crippen LogP contribution in [0.3, 0.4) is 0 Å². The first-order valence-corrected chi connectivity index (χ1v) is 10.5. The van der Waals surface area contributed by atoms with Crippen molar-refractivity contribution in [1.29, 1.82) is 0 Å². The van der Waals surface area contributed by atoms with Crippen LogP contribution in [0.1, 0.15) is 64.0 Å². The fraction of sp³-hybridized carbons (Fsp3) is 0.682. The molecule has 1 unspecified atom stereocenters. The van der Waals surface area contributed by atoms with Crippen molar-refractivity contribution in [2.75, 3.05) is 18.0 Å². The second-order valence-electron chi connectivity index (χ2n) is 9.66. The third-order valence-corrected chi connectivity index (χ3v) is 6.48. The molecule has 1 atom stereocenters. The van der Waals surface area contributed by atoms with Crippen molar-refractivity contribution < 1.29 is 22.7 Å². The van der Waals surface area contributed by atoms with Crippen molar-refractivity contribution in [2.45, 2.75) is 82.7 Å². The van der Waals surface area contributed by atoms with E-state index in [1.807, 2.05) is 25.7 Å². The fourth-order valence-electron chi connectivity index (χ4n) is 5.05. The number of carbonyl (C=O) groups is 1. The molecule has 0 radical (unpaired) electrons. The van der Waals surface area contributed by atoms with Crippen molar-refractivity contribution in [3.63, 3.8) is 0 Å². The van der Waals surface area contributed by atoms with Gasteiger partial charge in [-0.1, -0.05) is 0 Å². The Kier molecular flexibility index (Phi) is 4.78. The zero-order valence-corrected chi connectivity index (χ0v) is 17.3. The lowest BCUT2D eigenvalue weighted by molar-refractivity contribution is -0.137. The Labute approximate surface area is 170 Å². The Hall–Kier alpha value is -1.92. The fourth-order valence-corrected chi connectivity index (χ4v) is 5.05. The normalized spacial score (nSPS) is 23.7. The van der Waals surface area contributed by atoms with Gasteiger partial charge >= 0.3 is 12.3 Å². The number of halogens is 3. The molecule has 29 heavy (non-hydrogen) atoms. The number of fused-ring (bicyclic) bond motifs is 1. The van der Waals surface area contributed by atoms with Crippen LogP contribution in [0.25, 0.3) is 0 Å². The Bertz CT molecular complexity index is 796. The van der Waals surface area contributed by atoms with Gasteiger partial charge in [0.15, 0.2) is 0 Å². The van der Waals surface area contributed by atoms with E-state index in [0.717, 1.165) is 49.9 Å². The van der Waals surface area contributed by atoms with Crippen molar-refractivity contribution in [2.24, 2.45) is 0 Å². The highest BCUT2D eigenvalue weighted by atomic mass is 19.4. The number of carbonyl (C=O) groups excluding carboxylic acids is 1. The zero-order valence-electron chi connectivity index (χ0n) is 17.3. The van der Waals surface area contributed by atoms with E-state index in [0.29, 0.717) is 13.0 Å². The number of nitrogens with zero attached hydrogens (tertiary/aromatic N) is 2. The van der Waals surface area contributed by atoms with Gasteiger partial charge in [-0.2, -0.15) is 13.2 Å². The smallest absolute Gasteiger partial charge is 0.416 e. The number of hydrogen-bond acceptors (Lipinski definition) is 3. The van der Waals surface area contributed by atoms with Gasteiger partial charge in [0.1, 0.15) is 5.60 Å². The molecular weight excluding hydrogens is 381 g/mol. The van der Waals surface area contributed by atoms with Crippen molar-refractivity contribution in [3.8, 4) is 0 Å². The molecule has 1 spiro atoms. The molecule has 1 aromatic rings. The molecule has 2 fully saturated rings. The van der Waals surface area contributed by atoms with Crippen LogP contribution < -0.4 is 4.90 Å². The van der Waals surface area contributed by atoms with E-state index in [1.54, 1.807) is 6.07 Å². The van der Waals surface area contributed by atoms with E-state index < -0.39 is 17.3 Å². The number of hydrogen-bond donors (Lipinski definition) is 0. The van der Waals surface area contributed by atoms with Crippen molar-refractivity contribution >= 4 is 11.8 Å². The van der Waals surface area contributed by atoms with Crippen LogP contribution in [0, 0.1) is 0 Å². The summed E-state index contributed by atoms with van der Waals surface area (Å²) >= 11 is 0. The lowest BCUT2D eigenvalue weighted by Gasteiger charge is -2.45. The first-order valence-electron chi connectivity index (χ1n) is 10.5. The lowest BCUT2D eigenvalue weighted by Crippen LogP contribution is -2.53. The van der Waals surface area contributed by atoms with Gasteiger partial charge in [0.2, 0.25) is 0 Å². The molecular formula is C22H29F3N2O2. The number of alkyl halides is 3. The van der Waals surface area contributed by atoms with Crippen LogP contribution >= 0.6 is 0 Å². The van der Waals surface area contributed by atoms with Crippen LogP contribution in [-0.4, -0.2) is 41.3 Å². The SMILES string of the molecule is CC(C)(C)OC(=O)N1CC(N2CCCc3cc(C(F)(F)F)ccc32)CC12CCC2. The molecule has 1 aromatic carbocycles. The lowest BCUT2D eigenvalue weighted by atomic mass is 9.74. The van der Waals surface area contributed by atoms with Gasteiger partial charge in [0.25, 0.3) is 0 Å². The molecule has 1 aliphatic carbocycles. The highest BCUT2D eigenvalue weighted by molar-refractivity contribution is 5.71. The average molecular weight is 410 g/mol. The highest BCUT2D eigenvalue weighted by Crippen LogP contribution is 2.48. The Balaban J connectivity index is 1.58. The maximum atomic E-state index is 13.1. The molecule has 2 aliphatic heterocycles. The van der Waals surface area contributed by atoms with Crippen LogP contribution in [0.4, 0.5) is 23.7 Å². The molecule has 1 amide bonds. The van der Waals surface area contributed by atoms with Gasteiger partial charge in [0.05, 0.1) is 5.56 Å². The molecule has 1 saturated carbocycles. The maximum Gasteiger partial charge on any atom is 0.416 e. The van der Waals surface area contributed by atoms with E-state index in [-0.39, 0.29) is 17.7 Å².